The van der Waals surface area contributed by atoms with Crippen LogP contribution in [0.2, 0.25) is 0 Å². The summed E-state index contributed by atoms with van der Waals surface area (Å²) < 4.78 is 1.59. The number of para-hydroxylation sites is 1. The summed E-state index contributed by atoms with van der Waals surface area (Å²) in [6.07, 6.45) is 2.26. The minimum atomic E-state index is -0.0631. The summed E-state index contributed by atoms with van der Waals surface area (Å²) in [6.45, 7) is 4.28. The standard InChI is InChI=1S/C23H23N7OS/c1-13-16(14(2)30-23(27-13)28-22(24)29-30)10-21(31)26-12-18(20-8-5-9-32-20)17-11-25-19-7-4-3-6-15(17)19/h3-9,11,18,25H,10,12H2,1-2H3,(H2,24,29)(H,26,31). The number of nitrogens with one attached hydrogen (secondary N) is 2. The van der Waals surface area contributed by atoms with Crippen LogP contribution in [0.25, 0.3) is 16.7 Å². The van der Waals surface area contributed by atoms with Gasteiger partial charge in [-0.2, -0.15) is 9.50 Å². The van der Waals surface area contributed by atoms with Crippen LogP contribution < -0.4 is 11.1 Å². The van der Waals surface area contributed by atoms with Gasteiger partial charge in [0.1, 0.15) is 0 Å². The maximum atomic E-state index is 13.0. The maximum Gasteiger partial charge on any atom is 0.254 e. The van der Waals surface area contributed by atoms with Crippen molar-refractivity contribution in [2.24, 2.45) is 0 Å². The smallest absolute Gasteiger partial charge is 0.254 e. The van der Waals surface area contributed by atoms with Gasteiger partial charge in [-0.1, -0.05) is 24.3 Å². The molecular formula is C23H23N7OS. The van der Waals surface area contributed by atoms with E-state index in [2.05, 4.69) is 48.9 Å². The van der Waals surface area contributed by atoms with Crippen molar-refractivity contribution in [3.63, 3.8) is 0 Å². The van der Waals surface area contributed by atoms with Gasteiger partial charge >= 0.3 is 0 Å². The zero-order valence-corrected chi connectivity index (χ0v) is 18.6. The first-order chi connectivity index (χ1) is 15.5. The third kappa shape index (κ3) is 3.60. The Balaban J connectivity index is 1.38. The summed E-state index contributed by atoms with van der Waals surface area (Å²) in [6, 6.07) is 12.4. The molecule has 0 saturated carbocycles. The maximum absolute atomic E-state index is 13.0. The van der Waals surface area contributed by atoms with Crippen LogP contribution in [0.1, 0.15) is 33.3 Å². The van der Waals surface area contributed by atoms with Crippen molar-refractivity contribution >= 4 is 39.9 Å². The van der Waals surface area contributed by atoms with Crippen LogP contribution in [0.3, 0.4) is 0 Å². The first kappa shape index (κ1) is 20.2. The SMILES string of the molecule is Cc1nc2nc(N)nn2c(C)c1CC(=O)NCC(c1cccs1)c1c[nH]c2ccccc12. The van der Waals surface area contributed by atoms with Crippen LogP contribution >= 0.6 is 11.3 Å². The summed E-state index contributed by atoms with van der Waals surface area (Å²) in [5, 5.41) is 10.6. The number of H-pyrrole nitrogens is 1. The van der Waals surface area contributed by atoms with E-state index in [1.807, 2.05) is 38.2 Å². The highest BCUT2D eigenvalue weighted by atomic mass is 32.1. The number of anilines is 1. The van der Waals surface area contributed by atoms with Gasteiger partial charge in [0.2, 0.25) is 11.9 Å². The van der Waals surface area contributed by atoms with Gasteiger partial charge in [0.25, 0.3) is 5.78 Å². The zero-order chi connectivity index (χ0) is 22.2. The molecule has 0 spiro atoms. The monoisotopic (exact) mass is 445 g/mol. The molecule has 1 aromatic carbocycles. The number of thiophene rings is 1. The number of aromatic amines is 1. The van der Waals surface area contributed by atoms with Gasteiger partial charge in [-0.3, -0.25) is 4.79 Å². The lowest BCUT2D eigenvalue weighted by Crippen LogP contribution is -2.30. The van der Waals surface area contributed by atoms with Gasteiger partial charge in [0.05, 0.1) is 6.42 Å². The highest BCUT2D eigenvalue weighted by molar-refractivity contribution is 7.10. The van der Waals surface area contributed by atoms with Gasteiger partial charge < -0.3 is 16.0 Å². The number of fused-ring (bicyclic) bond motifs is 2. The summed E-state index contributed by atoms with van der Waals surface area (Å²) in [5.41, 5.74) is 10.4. The summed E-state index contributed by atoms with van der Waals surface area (Å²) in [5.74, 6) is 0.609. The quantitative estimate of drug-likeness (QED) is 0.371. The van der Waals surface area contributed by atoms with Crippen LogP contribution in [-0.2, 0) is 11.2 Å². The number of carbonyl (C=O) groups is 1. The highest BCUT2D eigenvalue weighted by Crippen LogP contribution is 2.32. The number of nitrogens with two attached hydrogens (primary N) is 1. The molecule has 1 atom stereocenters. The minimum absolute atomic E-state index is 0.0630. The molecule has 0 saturated heterocycles. The van der Waals surface area contributed by atoms with Crippen LogP contribution in [0.15, 0.2) is 48.0 Å². The number of aryl methyl sites for hydroxylation is 2. The van der Waals surface area contributed by atoms with Crippen molar-refractivity contribution in [1.82, 2.24) is 29.9 Å². The van der Waals surface area contributed by atoms with Gasteiger partial charge in [-0.15, -0.1) is 16.4 Å². The van der Waals surface area contributed by atoms with Gasteiger partial charge in [0.15, 0.2) is 0 Å². The molecular weight excluding hydrogens is 422 g/mol. The average molecular weight is 446 g/mol. The zero-order valence-electron chi connectivity index (χ0n) is 17.8. The molecule has 0 aliphatic heterocycles. The summed E-state index contributed by atoms with van der Waals surface area (Å²) >= 11 is 1.70. The van der Waals surface area contributed by atoms with Crippen molar-refractivity contribution in [3.8, 4) is 0 Å². The fraction of sp³-hybridized carbons (Fsp3) is 0.217. The number of amides is 1. The van der Waals surface area contributed by atoms with E-state index in [9.17, 15) is 4.79 Å². The Labute approximate surface area is 188 Å². The highest BCUT2D eigenvalue weighted by Gasteiger charge is 2.21. The van der Waals surface area contributed by atoms with Crippen molar-refractivity contribution in [1.29, 1.82) is 0 Å². The Morgan fingerprint density at radius 3 is 2.88 bits per heavy atom. The fourth-order valence-corrected chi connectivity index (χ4v) is 5.00. The number of aromatic nitrogens is 5. The van der Waals surface area contributed by atoms with E-state index >= 15 is 0 Å². The molecule has 1 unspecified atom stereocenters. The molecule has 8 nitrogen and oxygen atoms in total. The van der Waals surface area contributed by atoms with E-state index in [0.717, 1.165) is 22.5 Å². The molecule has 0 radical (unpaired) electrons. The fourth-order valence-electron chi connectivity index (χ4n) is 4.15. The Hall–Kier alpha value is -3.72. The van der Waals surface area contributed by atoms with E-state index in [0.29, 0.717) is 12.3 Å². The van der Waals surface area contributed by atoms with Gasteiger partial charge in [-0.25, -0.2) is 4.98 Å². The molecule has 4 aromatic heterocycles. The largest absolute Gasteiger partial charge is 0.366 e. The van der Waals surface area contributed by atoms with Crippen LogP contribution in [0.4, 0.5) is 5.95 Å². The third-order valence-corrected chi connectivity index (χ3v) is 6.78. The molecule has 0 fully saturated rings. The van der Waals surface area contributed by atoms with Crippen LogP contribution in [0.5, 0.6) is 0 Å². The number of hydrogen-bond donors (Lipinski definition) is 3. The third-order valence-electron chi connectivity index (χ3n) is 5.79. The molecule has 9 heteroatoms. The summed E-state index contributed by atoms with van der Waals surface area (Å²) in [4.78, 5) is 26.1. The Morgan fingerprint density at radius 1 is 1.22 bits per heavy atom. The minimum Gasteiger partial charge on any atom is -0.366 e. The van der Waals surface area contributed by atoms with Crippen LogP contribution in [0, 0.1) is 13.8 Å². The Kier molecular flexibility index (Phi) is 5.10. The number of carbonyl (C=O) groups excluding carboxylic acids is 1. The lowest BCUT2D eigenvalue weighted by molar-refractivity contribution is -0.120. The van der Waals surface area contributed by atoms with E-state index in [1.165, 1.54) is 15.8 Å². The van der Waals surface area contributed by atoms with E-state index < -0.39 is 0 Å². The van der Waals surface area contributed by atoms with E-state index in [-0.39, 0.29) is 24.2 Å². The molecule has 5 aromatic rings. The lowest BCUT2D eigenvalue weighted by atomic mass is 9.96. The predicted molar refractivity (Wildman–Crippen MR) is 126 cm³/mol. The van der Waals surface area contributed by atoms with Crippen LogP contribution in [-0.4, -0.2) is 37.0 Å². The Bertz CT molecular complexity index is 1420. The number of nitrogens with zero attached hydrogens (tertiary/aromatic N) is 4. The van der Waals surface area contributed by atoms with Crippen molar-refractivity contribution in [3.05, 3.63) is 75.4 Å². The molecule has 4 heterocycles. The first-order valence-electron chi connectivity index (χ1n) is 10.4. The van der Waals surface area contributed by atoms with Crippen molar-refractivity contribution in [2.45, 2.75) is 26.2 Å². The lowest BCUT2D eigenvalue weighted by Gasteiger charge is -2.17. The molecule has 0 aliphatic rings. The molecule has 4 N–H and O–H groups in total. The second kappa shape index (κ2) is 8.08. The summed E-state index contributed by atoms with van der Waals surface area (Å²) in [7, 11) is 0. The topological polar surface area (TPSA) is 114 Å². The number of benzene rings is 1. The molecule has 5 rings (SSSR count). The normalized spacial score (nSPS) is 12.4. The van der Waals surface area contributed by atoms with Gasteiger partial charge in [0, 0.05) is 51.4 Å². The Morgan fingerprint density at radius 2 is 2.06 bits per heavy atom. The molecule has 1 amide bonds. The number of hydrogen-bond acceptors (Lipinski definition) is 6. The second-order valence-corrected chi connectivity index (χ2v) is 8.76. The molecule has 162 valence electrons. The predicted octanol–water partition coefficient (Wildman–Crippen LogP) is 3.36. The molecule has 32 heavy (non-hydrogen) atoms. The van der Waals surface area contributed by atoms with Crippen molar-refractivity contribution in [2.75, 3.05) is 12.3 Å². The number of rotatable bonds is 6. The van der Waals surface area contributed by atoms with E-state index in [1.54, 1.807) is 15.9 Å². The second-order valence-electron chi connectivity index (χ2n) is 7.78. The van der Waals surface area contributed by atoms with Crippen molar-refractivity contribution < 1.29 is 4.79 Å². The number of nitrogen functional groups attached to an aromatic ring is 1. The molecule has 0 bridgehead atoms. The molecule has 0 aliphatic carbocycles. The average Bonchev–Trinajstić information content (AvgIpc) is 3.52. The first-order valence-corrected chi connectivity index (χ1v) is 11.2. The van der Waals surface area contributed by atoms with E-state index in [4.69, 9.17) is 5.73 Å². The van der Waals surface area contributed by atoms with Gasteiger partial charge in [-0.05, 0) is 36.9 Å².